The van der Waals surface area contributed by atoms with Crippen LogP contribution in [0.25, 0.3) is 0 Å². The molecule has 1 aromatic carbocycles. The minimum Gasteiger partial charge on any atom is -0.493 e. The maximum atomic E-state index is 12.5. The summed E-state index contributed by atoms with van der Waals surface area (Å²) in [6, 6.07) is 5.31. The largest absolute Gasteiger partial charge is 0.493 e. The lowest BCUT2D eigenvalue weighted by Gasteiger charge is -2.28. The molecule has 0 fully saturated rings. The lowest BCUT2D eigenvalue weighted by atomic mass is 9.95. The first-order chi connectivity index (χ1) is 16.7. The van der Waals surface area contributed by atoms with Gasteiger partial charge in [-0.1, -0.05) is 6.07 Å². The van der Waals surface area contributed by atoms with E-state index >= 15 is 0 Å². The zero-order chi connectivity index (χ0) is 25.5. The molecule has 186 valence electrons. The van der Waals surface area contributed by atoms with Crippen molar-refractivity contribution in [3.8, 4) is 11.5 Å². The second-order valence-electron chi connectivity index (χ2n) is 7.05. The van der Waals surface area contributed by atoms with Crippen LogP contribution in [0.5, 0.6) is 11.5 Å². The van der Waals surface area contributed by atoms with E-state index in [1.165, 1.54) is 13.3 Å². The smallest absolute Gasteiger partial charge is 0.338 e. The Morgan fingerprint density at radius 1 is 1.26 bits per heavy atom. The number of nitrogens with one attached hydrogen (secondary N) is 3. The number of hydrogen-bond donors (Lipinski definition) is 3. The SMILES string of the molecule is CCOC(=O)C1=C(C)NC(=O)N[C@H]1c1ccc(OCC(=O)N/N=C\c2cc(Br)c(Br)o2)c(OC)c1. The molecule has 0 aliphatic carbocycles. The van der Waals surface area contributed by atoms with Gasteiger partial charge >= 0.3 is 12.0 Å². The van der Waals surface area contributed by atoms with E-state index in [0.29, 0.717) is 31.9 Å². The minimum absolute atomic E-state index is 0.190. The molecular formula is C22H22Br2N4O7. The van der Waals surface area contributed by atoms with Gasteiger partial charge in [0, 0.05) is 11.8 Å². The first-order valence-electron chi connectivity index (χ1n) is 10.3. The summed E-state index contributed by atoms with van der Waals surface area (Å²) < 4.78 is 22.6. The summed E-state index contributed by atoms with van der Waals surface area (Å²) >= 11 is 6.50. The Balaban J connectivity index is 1.69. The van der Waals surface area contributed by atoms with Crippen molar-refractivity contribution in [3.05, 3.63) is 56.0 Å². The number of esters is 1. The minimum atomic E-state index is -0.759. The molecule has 2 aromatic rings. The fourth-order valence-corrected chi connectivity index (χ4v) is 3.78. The van der Waals surface area contributed by atoms with E-state index in [-0.39, 0.29) is 24.5 Å². The van der Waals surface area contributed by atoms with Gasteiger partial charge in [-0.15, -0.1) is 0 Å². The molecule has 13 heteroatoms. The monoisotopic (exact) mass is 612 g/mol. The summed E-state index contributed by atoms with van der Waals surface area (Å²) in [6.45, 7) is 3.17. The zero-order valence-electron chi connectivity index (χ0n) is 18.9. The number of rotatable bonds is 9. The average molecular weight is 614 g/mol. The summed E-state index contributed by atoms with van der Waals surface area (Å²) in [6.07, 6.45) is 1.34. The van der Waals surface area contributed by atoms with Crippen LogP contribution in [0, 0.1) is 0 Å². The number of amides is 3. The molecule has 0 unspecified atom stereocenters. The number of hydrogen-bond acceptors (Lipinski definition) is 8. The van der Waals surface area contributed by atoms with Gasteiger partial charge < -0.3 is 29.3 Å². The lowest BCUT2D eigenvalue weighted by molar-refractivity contribution is -0.139. The number of halogens is 2. The van der Waals surface area contributed by atoms with Crippen LogP contribution in [0.1, 0.15) is 31.2 Å². The Kier molecular flexibility index (Phi) is 8.93. The summed E-state index contributed by atoms with van der Waals surface area (Å²) in [7, 11) is 1.43. The molecule has 11 nitrogen and oxygen atoms in total. The first-order valence-corrected chi connectivity index (χ1v) is 11.8. The van der Waals surface area contributed by atoms with Crippen LogP contribution in [0.4, 0.5) is 4.79 Å². The van der Waals surface area contributed by atoms with Gasteiger partial charge in [-0.05, 0) is 63.4 Å². The van der Waals surface area contributed by atoms with Crippen LogP contribution >= 0.6 is 31.9 Å². The molecule has 0 spiro atoms. The second-order valence-corrected chi connectivity index (χ2v) is 8.63. The predicted molar refractivity (Wildman–Crippen MR) is 132 cm³/mol. The molecule has 1 aliphatic rings. The highest BCUT2D eigenvalue weighted by Crippen LogP contribution is 2.34. The Bertz CT molecular complexity index is 1170. The van der Waals surface area contributed by atoms with Crippen LogP contribution in [-0.4, -0.2) is 44.4 Å². The third-order valence-electron chi connectivity index (χ3n) is 4.69. The van der Waals surface area contributed by atoms with Gasteiger partial charge in [0.15, 0.2) is 22.8 Å². The summed E-state index contributed by atoms with van der Waals surface area (Å²) in [5.74, 6) is -0.0384. The number of hydrazone groups is 1. The number of furan rings is 1. The first kappa shape index (κ1) is 26.3. The van der Waals surface area contributed by atoms with Gasteiger partial charge in [-0.2, -0.15) is 5.10 Å². The molecule has 1 atom stereocenters. The fourth-order valence-electron chi connectivity index (χ4n) is 3.18. The van der Waals surface area contributed by atoms with Crippen molar-refractivity contribution in [1.82, 2.24) is 16.1 Å². The van der Waals surface area contributed by atoms with E-state index in [2.05, 4.69) is 53.0 Å². The molecule has 0 bridgehead atoms. The normalized spacial score (nSPS) is 15.5. The third kappa shape index (κ3) is 6.63. The van der Waals surface area contributed by atoms with Gasteiger partial charge in [-0.25, -0.2) is 15.0 Å². The van der Waals surface area contributed by atoms with Crippen molar-refractivity contribution in [2.45, 2.75) is 19.9 Å². The van der Waals surface area contributed by atoms with Crippen LogP contribution in [0.3, 0.4) is 0 Å². The van der Waals surface area contributed by atoms with Gasteiger partial charge in [0.05, 0.1) is 36.0 Å². The van der Waals surface area contributed by atoms with Crippen molar-refractivity contribution in [1.29, 1.82) is 0 Å². The number of allylic oxidation sites excluding steroid dienone is 1. The third-order valence-corrected chi connectivity index (χ3v) is 6.40. The van der Waals surface area contributed by atoms with E-state index in [0.717, 1.165) is 0 Å². The van der Waals surface area contributed by atoms with Crippen molar-refractivity contribution in [2.24, 2.45) is 5.10 Å². The highest BCUT2D eigenvalue weighted by molar-refractivity contribution is 9.13. The van der Waals surface area contributed by atoms with E-state index in [9.17, 15) is 14.4 Å². The van der Waals surface area contributed by atoms with Gasteiger partial charge in [-0.3, -0.25) is 4.79 Å². The molecule has 1 aromatic heterocycles. The topological polar surface area (TPSA) is 140 Å². The number of ether oxygens (including phenoxy) is 3. The molecule has 3 rings (SSSR count). The average Bonchev–Trinajstić information content (AvgIpc) is 3.13. The molecule has 0 radical (unpaired) electrons. The molecule has 3 N–H and O–H groups in total. The van der Waals surface area contributed by atoms with Gasteiger partial charge in [0.2, 0.25) is 0 Å². The number of nitrogens with zero attached hydrogens (tertiary/aromatic N) is 1. The quantitative estimate of drug-likeness (QED) is 0.223. The van der Waals surface area contributed by atoms with Gasteiger partial charge in [0.1, 0.15) is 5.76 Å². The Morgan fingerprint density at radius 2 is 2.03 bits per heavy atom. The number of carbonyl (C=O) groups excluding carboxylic acids is 3. The maximum Gasteiger partial charge on any atom is 0.338 e. The molecule has 1 aliphatic heterocycles. The molecule has 0 saturated carbocycles. The molecule has 35 heavy (non-hydrogen) atoms. The van der Waals surface area contributed by atoms with E-state index in [1.807, 2.05) is 0 Å². The van der Waals surface area contributed by atoms with Crippen LogP contribution in [0.15, 0.2) is 54.2 Å². The summed E-state index contributed by atoms with van der Waals surface area (Å²) in [5.41, 5.74) is 3.56. The zero-order valence-corrected chi connectivity index (χ0v) is 22.1. The van der Waals surface area contributed by atoms with Crippen molar-refractivity contribution in [2.75, 3.05) is 20.3 Å². The number of urea groups is 1. The van der Waals surface area contributed by atoms with Crippen LogP contribution in [0.2, 0.25) is 0 Å². The fraction of sp³-hybridized carbons (Fsp3) is 0.273. The lowest BCUT2D eigenvalue weighted by Crippen LogP contribution is -2.45. The molecule has 0 saturated heterocycles. The molecule has 3 amide bonds. The van der Waals surface area contributed by atoms with E-state index < -0.39 is 23.9 Å². The molecule has 2 heterocycles. The maximum absolute atomic E-state index is 12.5. The summed E-state index contributed by atoms with van der Waals surface area (Å²) in [5, 5.41) is 9.11. The molecular weight excluding hydrogens is 592 g/mol. The number of methoxy groups -OCH3 is 1. The van der Waals surface area contributed by atoms with Gasteiger partial charge in [0.25, 0.3) is 5.91 Å². The Hall–Kier alpha value is -3.32. The Morgan fingerprint density at radius 3 is 2.69 bits per heavy atom. The second kappa shape index (κ2) is 11.9. The Labute approximate surface area is 217 Å². The van der Waals surface area contributed by atoms with Crippen LogP contribution < -0.4 is 25.5 Å². The number of carbonyl (C=O) groups is 3. The van der Waals surface area contributed by atoms with Crippen molar-refractivity contribution in [3.63, 3.8) is 0 Å². The standard InChI is InChI=1S/C22H22Br2N4O7/c1-4-33-21(30)18-11(2)26-22(31)27-19(18)12-5-6-15(16(7-12)32-3)34-10-17(29)28-25-9-13-8-14(23)20(24)35-13/h5-9,19H,4,10H2,1-3H3,(H,28,29)(H2,26,27,31)/b25-9-/t19-/m0/s1. The van der Waals surface area contributed by atoms with Crippen LogP contribution in [-0.2, 0) is 14.3 Å². The highest BCUT2D eigenvalue weighted by atomic mass is 79.9. The highest BCUT2D eigenvalue weighted by Gasteiger charge is 2.32. The van der Waals surface area contributed by atoms with E-state index in [4.69, 9.17) is 18.6 Å². The summed E-state index contributed by atoms with van der Waals surface area (Å²) in [4.78, 5) is 36.6. The van der Waals surface area contributed by atoms with Crippen molar-refractivity contribution >= 4 is 56.0 Å². The van der Waals surface area contributed by atoms with Crippen molar-refractivity contribution < 1.29 is 33.0 Å². The number of benzene rings is 1. The van der Waals surface area contributed by atoms with E-state index in [1.54, 1.807) is 38.1 Å². The predicted octanol–water partition coefficient (Wildman–Crippen LogP) is 3.53.